The van der Waals surface area contributed by atoms with Crippen molar-refractivity contribution in [2.75, 3.05) is 13.1 Å². The van der Waals surface area contributed by atoms with Crippen LogP contribution in [0.4, 0.5) is 0 Å². The first kappa shape index (κ1) is 18.5. The van der Waals surface area contributed by atoms with E-state index in [9.17, 15) is 14.7 Å². The van der Waals surface area contributed by atoms with Crippen LogP contribution in [0.1, 0.15) is 36.2 Å². The summed E-state index contributed by atoms with van der Waals surface area (Å²) in [4.78, 5) is 29.2. The van der Waals surface area contributed by atoms with Crippen molar-refractivity contribution in [3.05, 3.63) is 30.2 Å². The van der Waals surface area contributed by atoms with E-state index >= 15 is 0 Å². The molecule has 148 valence electrons. The lowest BCUT2D eigenvalue weighted by molar-refractivity contribution is -0.130. The smallest absolute Gasteiger partial charge is 0.354 e. The number of pyridine rings is 1. The summed E-state index contributed by atoms with van der Waals surface area (Å²) in [6.45, 7) is 2.10. The summed E-state index contributed by atoms with van der Waals surface area (Å²) >= 11 is 0. The number of amides is 1. The monoisotopic (exact) mass is 385 g/mol. The van der Waals surface area contributed by atoms with Crippen LogP contribution in [0.2, 0.25) is 0 Å². The Morgan fingerprint density at radius 3 is 2.68 bits per heavy atom. The minimum Gasteiger partial charge on any atom is -0.477 e. The number of nitrogens with zero attached hydrogens (tertiary/aromatic N) is 5. The highest BCUT2D eigenvalue weighted by Gasteiger charge is 2.41. The number of aryl methyl sites for hydroxylation is 1. The standard InChI is InChI=1S/C19H23N5O4/c25-15-6-13-9-23(10-14(13)7-15)18(26)2-1-5-24-11-17(21-22-24)12-3-4-20-16(8-12)19(27)28/h3-4,8,11,13-15,25H,1-2,5-7,9-10H2,(H,27,28). The minimum atomic E-state index is -1.09. The van der Waals surface area contributed by atoms with Crippen LogP contribution in [0.5, 0.6) is 0 Å². The molecule has 1 amide bonds. The second-order valence-electron chi connectivity index (χ2n) is 7.65. The molecule has 0 spiro atoms. The molecule has 2 aromatic rings. The van der Waals surface area contributed by atoms with Gasteiger partial charge in [0.05, 0.1) is 12.3 Å². The lowest BCUT2D eigenvalue weighted by Crippen LogP contribution is -2.30. The fraction of sp³-hybridized carbons (Fsp3) is 0.526. The molecule has 3 heterocycles. The van der Waals surface area contributed by atoms with Gasteiger partial charge in [0.1, 0.15) is 11.4 Å². The molecule has 28 heavy (non-hydrogen) atoms. The molecule has 2 N–H and O–H groups in total. The van der Waals surface area contributed by atoms with Crippen molar-refractivity contribution < 1.29 is 19.8 Å². The molecule has 2 aromatic heterocycles. The summed E-state index contributed by atoms with van der Waals surface area (Å²) in [6, 6.07) is 3.15. The van der Waals surface area contributed by atoms with Gasteiger partial charge in [0.2, 0.25) is 5.91 Å². The minimum absolute atomic E-state index is 0.0412. The topological polar surface area (TPSA) is 121 Å². The number of carboxylic acids is 1. The summed E-state index contributed by atoms with van der Waals surface area (Å²) in [5.74, 6) is -0.0291. The SMILES string of the molecule is O=C(O)c1cc(-c2cn(CCCC(=O)N3CC4CC(O)CC4C3)nn2)ccn1. The van der Waals surface area contributed by atoms with Crippen LogP contribution >= 0.6 is 0 Å². The normalized spacial score (nSPS) is 23.8. The molecule has 0 bridgehead atoms. The van der Waals surface area contributed by atoms with Gasteiger partial charge in [0.25, 0.3) is 0 Å². The number of aromatic nitrogens is 4. The maximum atomic E-state index is 12.4. The largest absolute Gasteiger partial charge is 0.477 e. The summed E-state index contributed by atoms with van der Waals surface area (Å²) in [7, 11) is 0. The first-order valence-corrected chi connectivity index (χ1v) is 9.55. The molecule has 1 aliphatic carbocycles. The number of aromatic carboxylic acids is 1. The van der Waals surface area contributed by atoms with Gasteiger partial charge in [-0.1, -0.05) is 5.21 Å². The van der Waals surface area contributed by atoms with Crippen molar-refractivity contribution in [1.29, 1.82) is 0 Å². The van der Waals surface area contributed by atoms with Gasteiger partial charge in [-0.15, -0.1) is 5.10 Å². The van der Waals surface area contributed by atoms with E-state index in [1.54, 1.807) is 16.9 Å². The average Bonchev–Trinajstić information content (AvgIpc) is 3.36. The third-order valence-electron chi connectivity index (χ3n) is 5.67. The Labute approximate surface area is 162 Å². The fourth-order valence-corrected chi connectivity index (χ4v) is 4.27. The number of carboxylic acid groups (broad SMARTS) is 1. The predicted octanol–water partition coefficient (Wildman–Crippen LogP) is 1.05. The Balaban J connectivity index is 1.28. The maximum Gasteiger partial charge on any atom is 0.354 e. The molecule has 0 aromatic carbocycles. The number of hydrogen-bond donors (Lipinski definition) is 2. The van der Waals surface area contributed by atoms with Gasteiger partial charge in [-0.05, 0) is 43.2 Å². The van der Waals surface area contributed by atoms with Gasteiger partial charge in [0.15, 0.2) is 0 Å². The molecule has 2 atom stereocenters. The molecule has 9 heteroatoms. The van der Waals surface area contributed by atoms with Crippen molar-refractivity contribution in [3.8, 4) is 11.3 Å². The van der Waals surface area contributed by atoms with E-state index in [4.69, 9.17) is 5.11 Å². The van der Waals surface area contributed by atoms with Gasteiger partial charge in [-0.25, -0.2) is 9.78 Å². The van der Waals surface area contributed by atoms with Gasteiger partial charge >= 0.3 is 5.97 Å². The second-order valence-corrected chi connectivity index (χ2v) is 7.65. The number of carbonyl (C=O) groups excluding carboxylic acids is 1. The lowest BCUT2D eigenvalue weighted by Gasteiger charge is -2.18. The van der Waals surface area contributed by atoms with E-state index in [-0.39, 0.29) is 17.7 Å². The highest BCUT2D eigenvalue weighted by atomic mass is 16.4. The number of hydrogen-bond acceptors (Lipinski definition) is 6. The molecule has 1 saturated carbocycles. The lowest BCUT2D eigenvalue weighted by atomic mass is 10.0. The number of likely N-dealkylation sites (tertiary alicyclic amines) is 1. The van der Waals surface area contributed by atoms with Gasteiger partial charge in [-0.2, -0.15) is 0 Å². The molecule has 1 aliphatic heterocycles. The van der Waals surface area contributed by atoms with E-state index in [0.717, 1.165) is 25.9 Å². The molecule has 2 aliphatic rings. The van der Waals surface area contributed by atoms with Gasteiger partial charge in [-0.3, -0.25) is 9.48 Å². The average molecular weight is 385 g/mol. The molecule has 2 fully saturated rings. The van der Waals surface area contributed by atoms with Crippen LogP contribution in [0, 0.1) is 11.8 Å². The van der Waals surface area contributed by atoms with Crippen molar-refractivity contribution >= 4 is 11.9 Å². The Hall–Kier alpha value is -2.81. The zero-order chi connectivity index (χ0) is 19.7. The molecular formula is C19H23N5O4. The van der Waals surface area contributed by atoms with Crippen molar-refractivity contribution in [3.63, 3.8) is 0 Å². The van der Waals surface area contributed by atoms with E-state index in [0.29, 0.717) is 42.5 Å². The first-order valence-electron chi connectivity index (χ1n) is 9.55. The number of carbonyl (C=O) groups is 2. The van der Waals surface area contributed by atoms with Crippen LogP contribution in [0.3, 0.4) is 0 Å². The highest BCUT2D eigenvalue weighted by Crippen LogP contribution is 2.38. The Bertz CT molecular complexity index is 869. The van der Waals surface area contributed by atoms with Crippen LogP contribution in [0.25, 0.3) is 11.3 Å². The Morgan fingerprint density at radius 2 is 1.96 bits per heavy atom. The van der Waals surface area contributed by atoms with Gasteiger partial charge < -0.3 is 15.1 Å². The van der Waals surface area contributed by atoms with Crippen molar-refractivity contribution in [2.45, 2.75) is 38.3 Å². The molecule has 4 rings (SSSR count). The summed E-state index contributed by atoms with van der Waals surface area (Å²) in [6.07, 6.45) is 5.72. The third-order valence-corrected chi connectivity index (χ3v) is 5.67. The van der Waals surface area contributed by atoms with E-state index in [1.165, 1.54) is 12.3 Å². The van der Waals surface area contributed by atoms with Crippen molar-refractivity contribution in [1.82, 2.24) is 24.9 Å². The molecule has 0 radical (unpaired) electrons. The zero-order valence-electron chi connectivity index (χ0n) is 15.4. The number of rotatable bonds is 6. The van der Waals surface area contributed by atoms with Crippen LogP contribution < -0.4 is 0 Å². The predicted molar refractivity (Wildman–Crippen MR) is 98.2 cm³/mol. The van der Waals surface area contributed by atoms with Crippen LogP contribution in [-0.4, -0.2) is 66.2 Å². The number of aliphatic hydroxyl groups excluding tert-OH is 1. The molecule has 2 unspecified atom stereocenters. The quantitative estimate of drug-likeness (QED) is 0.762. The number of aliphatic hydroxyl groups is 1. The zero-order valence-corrected chi connectivity index (χ0v) is 15.4. The number of fused-ring (bicyclic) bond motifs is 1. The van der Waals surface area contributed by atoms with Crippen LogP contribution in [0.15, 0.2) is 24.5 Å². The van der Waals surface area contributed by atoms with Crippen molar-refractivity contribution in [2.24, 2.45) is 11.8 Å². The molecule has 9 nitrogen and oxygen atoms in total. The Morgan fingerprint density at radius 1 is 1.21 bits per heavy atom. The van der Waals surface area contributed by atoms with E-state index in [2.05, 4.69) is 15.3 Å². The third kappa shape index (κ3) is 3.89. The highest BCUT2D eigenvalue weighted by molar-refractivity contribution is 5.86. The van der Waals surface area contributed by atoms with E-state index in [1.807, 2.05) is 4.90 Å². The maximum absolute atomic E-state index is 12.4. The second kappa shape index (κ2) is 7.67. The van der Waals surface area contributed by atoms with Crippen LogP contribution in [-0.2, 0) is 11.3 Å². The molecular weight excluding hydrogens is 362 g/mol. The summed E-state index contributed by atoms with van der Waals surface area (Å²) in [5.41, 5.74) is 1.17. The van der Waals surface area contributed by atoms with E-state index < -0.39 is 5.97 Å². The summed E-state index contributed by atoms with van der Waals surface area (Å²) in [5, 5.41) is 26.9. The first-order chi connectivity index (χ1) is 13.5. The molecule has 1 saturated heterocycles. The van der Waals surface area contributed by atoms with Gasteiger partial charge in [0, 0.05) is 37.8 Å². The fourth-order valence-electron chi connectivity index (χ4n) is 4.27. The Kier molecular flexibility index (Phi) is 5.08. The summed E-state index contributed by atoms with van der Waals surface area (Å²) < 4.78 is 1.67.